The average Bonchev–Trinajstić information content (AvgIpc) is 3.44. The Labute approximate surface area is 259 Å². The number of ether oxygens (including phenoxy) is 1. The number of nitrogens with zero attached hydrogens (tertiary/aromatic N) is 4. The molecule has 0 radical (unpaired) electrons. The number of likely N-dealkylation sites (N-methyl/N-ethyl adjacent to an activating group) is 1. The lowest BCUT2D eigenvalue weighted by molar-refractivity contribution is -0.119. The number of anilines is 2. The number of piperazine rings is 1. The van der Waals surface area contributed by atoms with Crippen LogP contribution in [0.4, 0.5) is 11.6 Å². The van der Waals surface area contributed by atoms with Crippen molar-refractivity contribution in [2.75, 3.05) is 89.0 Å². The first kappa shape index (κ1) is 28.9. The molecular formula is C34H36N4O5S. The van der Waals surface area contributed by atoms with E-state index in [0.717, 1.165) is 63.2 Å². The topological polar surface area (TPSA) is 89.7 Å². The molecule has 9 nitrogen and oxygen atoms in total. The van der Waals surface area contributed by atoms with Crippen LogP contribution in [0.1, 0.15) is 0 Å². The van der Waals surface area contributed by atoms with Crippen LogP contribution in [0.25, 0.3) is 42.3 Å². The SMILES string of the molecule is CN(C(=O)CN1CCN(CCO)CC1)c1ccc2sc3c(-c4cccc5c(=O)cc(N6CCOCC6)oc45)cccc3c2c1. The number of carbonyl (C=O) groups excluding carboxylic acids is 1. The Morgan fingerprint density at radius 1 is 0.886 bits per heavy atom. The van der Waals surface area contributed by atoms with Crippen LogP contribution in [-0.2, 0) is 9.53 Å². The van der Waals surface area contributed by atoms with E-state index in [9.17, 15) is 14.7 Å². The molecule has 7 rings (SSSR count). The predicted octanol–water partition coefficient (Wildman–Crippen LogP) is 4.24. The summed E-state index contributed by atoms with van der Waals surface area (Å²) >= 11 is 1.71. The zero-order valence-corrected chi connectivity index (χ0v) is 25.6. The highest BCUT2D eigenvalue weighted by atomic mass is 32.1. The number of para-hydroxylation sites is 1. The van der Waals surface area contributed by atoms with Gasteiger partial charge in [0.2, 0.25) is 5.91 Å². The Morgan fingerprint density at radius 3 is 2.39 bits per heavy atom. The fourth-order valence-corrected chi connectivity index (χ4v) is 7.49. The van der Waals surface area contributed by atoms with Gasteiger partial charge in [-0.15, -0.1) is 11.3 Å². The third kappa shape index (κ3) is 5.48. The van der Waals surface area contributed by atoms with Crippen molar-refractivity contribution in [3.05, 3.63) is 70.9 Å². The second-order valence-corrected chi connectivity index (χ2v) is 12.5. The summed E-state index contributed by atoms with van der Waals surface area (Å²) in [6, 6.07) is 19.8. The van der Waals surface area contributed by atoms with Crippen molar-refractivity contribution in [2.24, 2.45) is 0 Å². The standard InChI is InChI=1S/C34H36N4O5S/c1-35(31(41)22-37-12-10-36(11-13-37)14-17-39)23-8-9-30-28(20-23)26-6-3-5-25(34(26)44-30)24-4-2-7-27-29(40)21-32(43-33(24)27)38-15-18-42-19-16-38/h2-9,20-21,39H,10-19,22H2,1H3. The van der Waals surface area contributed by atoms with Crippen molar-refractivity contribution in [2.45, 2.75) is 0 Å². The zero-order chi connectivity index (χ0) is 30.2. The first-order valence-corrected chi connectivity index (χ1v) is 16.0. The monoisotopic (exact) mass is 612 g/mol. The molecule has 44 heavy (non-hydrogen) atoms. The van der Waals surface area contributed by atoms with E-state index in [1.54, 1.807) is 22.3 Å². The van der Waals surface area contributed by atoms with Crippen molar-refractivity contribution in [3.8, 4) is 11.1 Å². The molecule has 1 N–H and O–H groups in total. The number of thiophene rings is 1. The van der Waals surface area contributed by atoms with Gasteiger partial charge in [-0.25, -0.2) is 0 Å². The summed E-state index contributed by atoms with van der Waals surface area (Å²) in [6.07, 6.45) is 0. The molecule has 0 aliphatic carbocycles. The summed E-state index contributed by atoms with van der Waals surface area (Å²) in [5.74, 6) is 0.633. The predicted molar refractivity (Wildman–Crippen MR) is 177 cm³/mol. The number of hydrogen-bond acceptors (Lipinski definition) is 9. The molecule has 2 aromatic heterocycles. The highest BCUT2D eigenvalue weighted by Gasteiger charge is 2.22. The van der Waals surface area contributed by atoms with Crippen molar-refractivity contribution in [1.29, 1.82) is 0 Å². The molecule has 3 aromatic carbocycles. The van der Waals surface area contributed by atoms with Gasteiger partial charge in [0.15, 0.2) is 11.3 Å². The van der Waals surface area contributed by atoms with Gasteiger partial charge >= 0.3 is 0 Å². The van der Waals surface area contributed by atoms with Crippen LogP contribution in [-0.4, -0.2) is 100 Å². The average molecular weight is 613 g/mol. The Kier molecular flexibility index (Phi) is 8.09. The van der Waals surface area contributed by atoms with Gasteiger partial charge in [0.25, 0.3) is 0 Å². The number of aliphatic hydroxyl groups is 1. The fourth-order valence-electron chi connectivity index (χ4n) is 6.28. The first-order valence-electron chi connectivity index (χ1n) is 15.2. The zero-order valence-electron chi connectivity index (χ0n) is 24.8. The van der Waals surface area contributed by atoms with E-state index in [-0.39, 0.29) is 17.9 Å². The lowest BCUT2D eigenvalue weighted by Gasteiger charge is -2.34. The van der Waals surface area contributed by atoms with Crippen molar-refractivity contribution in [3.63, 3.8) is 0 Å². The van der Waals surface area contributed by atoms with E-state index < -0.39 is 0 Å². The number of carbonyl (C=O) groups is 1. The van der Waals surface area contributed by atoms with Crippen LogP contribution in [0.5, 0.6) is 0 Å². The molecule has 0 unspecified atom stereocenters. The molecule has 10 heteroatoms. The van der Waals surface area contributed by atoms with Crippen molar-refractivity contribution >= 4 is 60.0 Å². The van der Waals surface area contributed by atoms with Crippen LogP contribution in [0.15, 0.2) is 69.9 Å². The summed E-state index contributed by atoms with van der Waals surface area (Å²) in [4.78, 5) is 34.7. The van der Waals surface area contributed by atoms with Gasteiger partial charge in [-0.1, -0.05) is 30.3 Å². The lowest BCUT2D eigenvalue weighted by atomic mass is 10.0. The maximum Gasteiger partial charge on any atom is 0.240 e. The van der Waals surface area contributed by atoms with E-state index in [1.807, 2.05) is 37.4 Å². The molecule has 2 aliphatic rings. The summed E-state index contributed by atoms with van der Waals surface area (Å²) in [6.45, 7) is 7.16. The first-order chi connectivity index (χ1) is 21.5. The maximum absolute atomic E-state index is 13.3. The van der Waals surface area contributed by atoms with E-state index >= 15 is 0 Å². The van der Waals surface area contributed by atoms with Gasteiger partial charge in [-0.05, 0) is 24.3 Å². The number of rotatable bonds is 7. The number of amides is 1. The Balaban J connectivity index is 1.21. The van der Waals surface area contributed by atoms with Crippen molar-refractivity contribution < 1.29 is 19.1 Å². The minimum Gasteiger partial charge on any atom is -0.440 e. The minimum atomic E-state index is -0.0532. The third-order valence-corrected chi connectivity index (χ3v) is 10.1. The molecule has 2 fully saturated rings. The molecule has 0 bridgehead atoms. The van der Waals surface area contributed by atoms with Crippen LogP contribution < -0.4 is 15.2 Å². The third-order valence-electron chi connectivity index (χ3n) is 8.84. The van der Waals surface area contributed by atoms with Crippen LogP contribution in [0, 0.1) is 0 Å². The van der Waals surface area contributed by atoms with Crippen LogP contribution in [0.3, 0.4) is 0 Å². The molecule has 4 heterocycles. The molecule has 0 spiro atoms. The molecule has 5 aromatic rings. The molecule has 2 saturated heterocycles. The van der Waals surface area contributed by atoms with Crippen LogP contribution in [0.2, 0.25) is 0 Å². The van der Waals surface area contributed by atoms with Gasteiger partial charge in [0, 0.05) is 95.9 Å². The highest BCUT2D eigenvalue weighted by molar-refractivity contribution is 7.26. The van der Waals surface area contributed by atoms with Crippen molar-refractivity contribution in [1.82, 2.24) is 9.80 Å². The number of morpholine rings is 1. The normalized spacial score (nSPS) is 16.7. The lowest BCUT2D eigenvalue weighted by Crippen LogP contribution is -2.50. The van der Waals surface area contributed by atoms with Gasteiger partial charge in [-0.2, -0.15) is 0 Å². The molecule has 2 aliphatic heterocycles. The minimum absolute atomic E-state index is 0.0532. The number of β-amino-alcohol motifs (C(OH)–C–C–N with tert-alkyl or cyclic N) is 1. The second-order valence-electron chi connectivity index (χ2n) is 11.5. The van der Waals surface area contributed by atoms with Gasteiger partial charge < -0.3 is 24.1 Å². The Bertz CT molecular complexity index is 1890. The highest BCUT2D eigenvalue weighted by Crippen LogP contribution is 2.42. The maximum atomic E-state index is 13.3. The number of fused-ring (bicyclic) bond motifs is 4. The molecule has 0 atom stereocenters. The fraction of sp³-hybridized carbons (Fsp3) is 0.353. The Hall–Kier alpha value is -3.80. The van der Waals surface area contributed by atoms with E-state index in [1.165, 1.54) is 0 Å². The Morgan fingerprint density at radius 2 is 1.61 bits per heavy atom. The van der Waals surface area contributed by atoms with E-state index in [4.69, 9.17) is 9.15 Å². The molecule has 1 amide bonds. The molecule has 228 valence electrons. The summed E-state index contributed by atoms with van der Waals surface area (Å²) in [7, 11) is 1.84. The quantitative estimate of drug-likeness (QED) is 0.292. The van der Waals surface area contributed by atoms with Crippen LogP contribution >= 0.6 is 11.3 Å². The summed E-state index contributed by atoms with van der Waals surface area (Å²) < 4.78 is 14.2. The molecule has 0 saturated carbocycles. The number of aliphatic hydroxyl groups excluding tert-OH is 1. The van der Waals surface area contributed by atoms with Gasteiger partial charge in [-0.3, -0.25) is 19.4 Å². The van der Waals surface area contributed by atoms with E-state index in [0.29, 0.717) is 56.2 Å². The largest absolute Gasteiger partial charge is 0.440 e. The molecular weight excluding hydrogens is 576 g/mol. The number of benzene rings is 3. The smallest absolute Gasteiger partial charge is 0.240 e. The second kappa shape index (κ2) is 12.3. The summed E-state index contributed by atoms with van der Waals surface area (Å²) in [5, 5.41) is 12.0. The van der Waals surface area contributed by atoms with Gasteiger partial charge in [0.05, 0.1) is 31.8 Å². The summed E-state index contributed by atoms with van der Waals surface area (Å²) in [5.41, 5.74) is 3.30. The number of hydrogen-bond donors (Lipinski definition) is 1. The van der Waals surface area contributed by atoms with Gasteiger partial charge in [0.1, 0.15) is 5.58 Å². The van der Waals surface area contributed by atoms with E-state index in [2.05, 4.69) is 39.0 Å².